The van der Waals surface area contributed by atoms with Gasteiger partial charge >= 0.3 is 0 Å². The Labute approximate surface area is 179 Å². The number of benzene rings is 1. The smallest absolute Gasteiger partial charge is 0.220 e. The Kier molecular flexibility index (Phi) is 8.66. The van der Waals surface area contributed by atoms with Crippen molar-refractivity contribution in [3.63, 3.8) is 0 Å². The second-order valence-electron chi connectivity index (χ2n) is 8.56. The lowest BCUT2D eigenvalue weighted by Gasteiger charge is -2.35. The van der Waals surface area contributed by atoms with Gasteiger partial charge < -0.3 is 20.0 Å². The Balaban J connectivity index is 1.28. The SMILES string of the molecule is CC(=O)CCCC(=O)NCC1CCC(CN2CCN(Cc3ccc(O)cc3)CC2)O1. The molecule has 2 heterocycles. The molecular weight excluding hydrogens is 382 g/mol. The number of nitrogens with one attached hydrogen (secondary N) is 1. The van der Waals surface area contributed by atoms with E-state index in [0.717, 1.165) is 52.1 Å². The minimum Gasteiger partial charge on any atom is -0.508 e. The van der Waals surface area contributed by atoms with Crippen molar-refractivity contribution in [2.24, 2.45) is 0 Å². The maximum absolute atomic E-state index is 11.9. The molecule has 0 aliphatic carbocycles. The maximum Gasteiger partial charge on any atom is 0.220 e. The Morgan fingerprint density at radius 1 is 1.03 bits per heavy atom. The first kappa shape index (κ1) is 22.7. The number of ether oxygens (including phenoxy) is 1. The average Bonchev–Trinajstić information content (AvgIpc) is 3.17. The van der Waals surface area contributed by atoms with Crippen LogP contribution in [0.3, 0.4) is 0 Å². The van der Waals surface area contributed by atoms with Gasteiger partial charge in [-0.1, -0.05) is 12.1 Å². The van der Waals surface area contributed by atoms with Crippen LogP contribution in [0.4, 0.5) is 0 Å². The highest BCUT2D eigenvalue weighted by Gasteiger charge is 2.28. The summed E-state index contributed by atoms with van der Waals surface area (Å²) in [6.07, 6.45) is 3.86. The van der Waals surface area contributed by atoms with Crippen molar-refractivity contribution in [2.75, 3.05) is 39.3 Å². The molecule has 1 aromatic rings. The maximum atomic E-state index is 11.9. The molecule has 2 N–H and O–H groups in total. The highest BCUT2D eigenvalue weighted by molar-refractivity contribution is 5.78. The summed E-state index contributed by atoms with van der Waals surface area (Å²) in [7, 11) is 0. The monoisotopic (exact) mass is 417 g/mol. The molecule has 1 amide bonds. The lowest BCUT2D eigenvalue weighted by atomic mass is 10.1. The first-order valence-corrected chi connectivity index (χ1v) is 11.1. The summed E-state index contributed by atoms with van der Waals surface area (Å²) >= 11 is 0. The summed E-state index contributed by atoms with van der Waals surface area (Å²) in [6, 6.07) is 7.45. The summed E-state index contributed by atoms with van der Waals surface area (Å²) in [6.45, 7) is 8.14. The molecule has 2 fully saturated rings. The molecule has 2 saturated heterocycles. The van der Waals surface area contributed by atoms with E-state index in [2.05, 4.69) is 15.1 Å². The number of ketones is 1. The highest BCUT2D eigenvalue weighted by atomic mass is 16.5. The summed E-state index contributed by atoms with van der Waals surface area (Å²) in [5.41, 5.74) is 1.23. The number of hydrogen-bond donors (Lipinski definition) is 2. The van der Waals surface area contributed by atoms with E-state index in [-0.39, 0.29) is 23.9 Å². The summed E-state index contributed by atoms with van der Waals surface area (Å²) < 4.78 is 6.14. The molecule has 2 unspecified atom stereocenters. The van der Waals surface area contributed by atoms with Crippen LogP contribution in [0.5, 0.6) is 5.75 Å². The molecule has 0 aromatic heterocycles. The number of carbonyl (C=O) groups is 2. The van der Waals surface area contributed by atoms with Crippen molar-refractivity contribution in [1.82, 2.24) is 15.1 Å². The highest BCUT2D eigenvalue weighted by Crippen LogP contribution is 2.21. The van der Waals surface area contributed by atoms with Crippen LogP contribution in [0.15, 0.2) is 24.3 Å². The second kappa shape index (κ2) is 11.4. The van der Waals surface area contributed by atoms with E-state index in [9.17, 15) is 14.7 Å². The molecule has 7 heteroatoms. The van der Waals surface area contributed by atoms with Crippen LogP contribution >= 0.6 is 0 Å². The Hall–Kier alpha value is -1.96. The van der Waals surface area contributed by atoms with E-state index < -0.39 is 0 Å². The molecule has 7 nitrogen and oxygen atoms in total. The number of phenolic OH excluding ortho intramolecular Hbond substituents is 1. The molecule has 2 aliphatic rings. The largest absolute Gasteiger partial charge is 0.508 e. The van der Waals surface area contributed by atoms with E-state index >= 15 is 0 Å². The van der Waals surface area contributed by atoms with Gasteiger partial charge in [-0.05, 0) is 43.9 Å². The first-order valence-electron chi connectivity index (χ1n) is 11.1. The lowest BCUT2D eigenvalue weighted by Crippen LogP contribution is -2.48. The third-order valence-electron chi connectivity index (χ3n) is 5.92. The van der Waals surface area contributed by atoms with Crippen molar-refractivity contribution in [3.8, 4) is 5.75 Å². The van der Waals surface area contributed by atoms with Gasteiger partial charge in [-0.25, -0.2) is 0 Å². The van der Waals surface area contributed by atoms with Crippen LogP contribution in [-0.4, -0.2) is 78.1 Å². The molecule has 30 heavy (non-hydrogen) atoms. The van der Waals surface area contributed by atoms with Crippen LogP contribution in [0.1, 0.15) is 44.6 Å². The minimum atomic E-state index is 0.00745. The number of amides is 1. The van der Waals surface area contributed by atoms with Crippen LogP contribution in [-0.2, 0) is 20.9 Å². The molecular formula is C23H35N3O4. The van der Waals surface area contributed by atoms with Gasteiger partial charge in [0.05, 0.1) is 12.2 Å². The predicted molar refractivity (Wildman–Crippen MR) is 115 cm³/mol. The standard InChI is InChI=1S/C23H35N3O4/c1-18(27)3-2-4-23(29)24-15-21-9-10-22(30-21)17-26-13-11-25(12-14-26)16-19-5-7-20(28)8-6-19/h5-8,21-22,28H,2-4,9-17H2,1H3,(H,24,29). The molecule has 0 saturated carbocycles. The minimum absolute atomic E-state index is 0.00745. The zero-order chi connectivity index (χ0) is 21.3. The van der Waals surface area contributed by atoms with Crippen LogP contribution < -0.4 is 5.32 Å². The van der Waals surface area contributed by atoms with Crippen molar-refractivity contribution < 1.29 is 19.4 Å². The van der Waals surface area contributed by atoms with Crippen molar-refractivity contribution in [1.29, 1.82) is 0 Å². The van der Waals surface area contributed by atoms with Gasteiger partial charge in [-0.15, -0.1) is 0 Å². The average molecular weight is 418 g/mol. The number of piperazine rings is 1. The van der Waals surface area contributed by atoms with E-state index in [1.54, 1.807) is 19.1 Å². The predicted octanol–water partition coefficient (Wildman–Crippen LogP) is 1.93. The molecule has 0 radical (unpaired) electrons. The molecule has 0 bridgehead atoms. The van der Waals surface area contributed by atoms with Gasteiger partial charge in [0.2, 0.25) is 5.91 Å². The zero-order valence-electron chi connectivity index (χ0n) is 18.0. The van der Waals surface area contributed by atoms with Gasteiger partial charge in [0, 0.05) is 58.7 Å². The van der Waals surface area contributed by atoms with E-state index in [4.69, 9.17) is 4.74 Å². The van der Waals surface area contributed by atoms with Gasteiger partial charge in [-0.2, -0.15) is 0 Å². The van der Waals surface area contributed by atoms with Crippen LogP contribution in [0, 0.1) is 0 Å². The Morgan fingerprint density at radius 2 is 1.70 bits per heavy atom. The molecule has 2 aliphatic heterocycles. The van der Waals surface area contributed by atoms with E-state index in [1.165, 1.54) is 5.56 Å². The van der Waals surface area contributed by atoms with Crippen LogP contribution in [0.25, 0.3) is 0 Å². The van der Waals surface area contributed by atoms with Gasteiger partial charge in [-0.3, -0.25) is 14.6 Å². The summed E-state index contributed by atoms with van der Waals surface area (Å²) in [4.78, 5) is 27.7. The third kappa shape index (κ3) is 7.70. The normalized spacial score (nSPS) is 22.8. The first-order chi connectivity index (χ1) is 14.5. The molecule has 166 valence electrons. The van der Waals surface area contributed by atoms with Crippen LogP contribution in [0.2, 0.25) is 0 Å². The fourth-order valence-electron chi connectivity index (χ4n) is 4.16. The van der Waals surface area contributed by atoms with E-state index in [0.29, 0.717) is 31.6 Å². The summed E-state index contributed by atoms with van der Waals surface area (Å²) in [5.74, 6) is 0.449. The third-order valence-corrected chi connectivity index (χ3v) is 5.92. The van der Waals surface area contributed by atoms with Gasteiger partial charge in [0.15, 0.2) is 0 Å². The summed E-state index contributed by atoms with van der Waals surface area (Å²) in [5, 5.41) is 12.3. The van der Waals surface area contributed by atoms with Crippen molar-refractivity contribution in [2.45, 2.75) is 57.8 Å². The Morgan fingerprint density at radius 3 is 2.40 bits per heavy atom. The number of phenols is 1. The van der Waals surface area contributed by atoms with Gasteiger partial charge in [0.25, 0.3) is 0 Å². The number of carbonyl (C=O) groups excluding carboxylic acids is 2. The fourth-order valence-corrected chi connectivity index (χ4v) is 4.16. The van der Waals surface area contributed by atoms with Crippen molar-refractivity contribution in [3.05, 3.63) is 29.8 Å². The van der Waals surface area contributed by atoms with Crippen molar-refractivity contribution >= 4 is 11.7 Å². The Bertz CT molecular complexity index is 686. The van der Waals surface area contributed by atoms with Gasteiger partial charge in [0.1, 0.15) is 11.5 Å². The fraction of sp³-hybridized carbons (Fsp3) is 0.652. The number of Topliss-reactive ketones (excluding diaryl/α,β-unsaturated/α-hetero) is 1. The lowest BCUT2D eigenvalue weighted by molar-refractivity contribution is -0.122. The number of hydrogen-bond acceptors (Lipinski definition) is 6. The second-order valence-corrected chi connectivity index (χ2v) is 8.56. The molecule has 1 aromatic carbocycles. The molecule has 3 rings (SSSR count). The molecule has 2 atom stereocenters. The number of nitrogens with zero attached hydrogens (tertiary/aromatic N) is 2. The van der Waals surface area contributed by atoms with E-state index in [1.807, 2.05) is 12.1 Å². The molecule has 0 spiro atoms. The topological polar surface area (TPSA) is 82.1 Å². The quantitative estimate of drug-likeness (QED) is 0.605. The number of aromatic hydroxyl groups is 1. The zero-order valence-corrected chi connectivity index (χ0v) is 18.0. The number of rotatable bonds is 10.